The molecule has 10 heteroatoms. The highest BCUT2D eigenvalue weighted by Gasteiger charge is 2.68. The van der Waals surface area contributed by atoms with Crippen LogP contribution in [0.1, 0.15) is 108 Å². The van der Waals surface area contributed by atoms with Gasteiger partial charge in [0.25, 0.3) is 0 Å². The largest absolute Gasteiger partial charge is 0.478 e. The Hall–Kier alpha value is -1.91. The van der Waals surface area contributed by atoms with Crippen molar-refractivity contribution < 1.29 is 27.5 Å². The molecular weight excluding hydrogens is 672 g/mol. The highest BCUT2D eigenvalue weighted by atomic mass is 32.3. The molecule has 50 heavy (non-hydrogen) atoms. The molecule has 3 heterocycles. The van der Waals surface area contributed by atoms with Crippen molar-refractivity contribution in [1.82, 2.24) is 10.2 Å². The minimum absolute atomic E-state index is 0.125. The van der Waals surface area contributed by atoms with Crippen LogP contribution < -0.4 is 5.32 Å². The molecule has 0 bridgehead atoms. The molecule has 7 nitrogen and oxygen atoms in total. The van der Waals surface area contributed by atoms with E-state index in [1.165, 1.54) is 37.1 Å². The number of benzene rings is 1. The van der Waals surface area contributed by atoms with Gasteiger partial charge in [-0.25, -0.2) is 27.6 Å². The molecule has 2 saturated carbocycles. The number of rotatable bonds is 7. The summed E-state index contributed by atoms with van der Waals surface area (Å²) in [4.78, 5) is 27.9. The fourth-order valence-corrected chi connectivity index (χ4v) is 20.4. The average Bonchev–Trinajstić information content (AvgIpc) is 3.50. The first kappa shape index (κ1) is 36.4. The maximum Gasteiger partial charge on any atom is 0.338 e. The van der Waals surface area contributed by atoms with E-state index in [0.29, 0.717) is 42.0 Å². The average molecular weight is 731 g/mol. The van der Waals surface area contributed by atoms with Gasteiger partial charge in [0, 0.05) is 24.9 Å². The van der Waals surface area contributed by atoms with E-state index < -0.39 is 31.7 Å². The van der Waals surface area contributed by atoms with Crippen LogP contribution in [0.4, 0.5) is 4.39 Å². The van der Waals surface area contributed by atoms with Gasteiger partial charge in [-0.3, -0.25) is 4.79 Å². The third kappa shape index (κ3) is 5.62. The van der Waals surface area contributed by atoms with E-state index in [-0.39, 0.29) is 44.6 Å². The molecule has 278 valence electrons. The number of amides is 1. The smallest absolute Gasteiger partial charge is 0.338 e. The Bertz CT molecular complexity index is 1680. The highest BCUT2D eigenvalue weighted by molar-refractivity contribution is 8.34. The SMILES string of the molecule is CC1(C)C(c2ccc(C(=O)O)c(F)c2)=CC[C@@]2(C)C1CC[C@]1(C)C2CCS2(C)C3CCC[C@]3(C(=O)NCCCN3CCS(=O)(=O)CC3)CCC12. The zero-order chi connectivity index (χ0) is 35.9. The number of nitrogens with one attached hydrogen (secondary N) is 1. The Morgan fingerprint density at radius 2 is 1.68 bits per heavy atom. The minimum Gasteiger partial charge on any atom is -0.478 e. The van der Waals surface area contributed by atoms with Crippen molar-refractivity contribution in [2.45, 2.75) is 102 Å². The van der Waals surface area contributed by atoms with Crippen LogP contribution in [-0.4, -0.2) is 90.5 Å². The van der Waals surface area contributed by atoms with Crippen molar-refractivity contribution in [3.63, 3.8) is 0 Å². The van der Waals surface area contributed by atoms with Gasteiger partial charge < -0.3 is 15.3 Å². The lowest BCUT2D eigenvalue weighted by Gasteiger charge is -2.72. The summed E-state index contributed by atoms with van der Waals surface area (Å²) >= 11 is 0. The highest BCUT2D eigenvalue weighted by Crippen LogP contribution is 2.80. The summed E-state index contributed by atoms with van der Waals surface area (Å²) in [7, 11) is -3.93. The van der Waals surface area contributed by atoms with Gasteiger partial charge in [0.15, 0.2) is 9.84 Å². The van der Waals surface area contributed by atoms with Crippen LogP contribution in [0.15, 0.2) is 24.3 Å². The summed E-state index contributed by atoms with van der Waals surface area (Å²) in [6.45, 7) is 12.5. The van der Waals surface area contributed by atoms with E-state index in [0.717, 1.165) is 62.6 Å². The Kier molecular flexibility index (Phi) is 9.19. The second-order valence-electron chi connectivity index (χ2n) is 18.1. The first-order valence-corrected chi connectivity index (χ1v) is 23.3. The molecule has 3 saturated heterocycles. The van der Waals surface area contributed by atoms with Crippen molar-refractivity contribution >= 4 is 37.3 Å². The van der Waals surface area contributed by atoms with Crippen molar-refractivity contribution in [1.29, 1.82) is 0 Å². The van der Waals surface area contributed by atoms with Crippen LogP contribution in [0.25, 0.3) is 5.57 Å². The Labute approximate surface area is 300 Å². The summed E-state index contributed by atoms with van der Waals surface area (Å²) in [6.07, 6.45) is 15.8. The van der Waals surface area contributed by atoms with Crippen LogP contribution in [0, 0.1) is 39.3 Å². The molecule has 1 aromatic rings. The number of carboxylic acids is 1. The van der Waals surface area contributed by atoms with Gasteiger partial charge >= 0.3 is 5.97 Å². The molecule has 3 aliphatic carbocycles. The van der Waals surface area contributed by atoms with Crippen LogP contribution in [0.2, 0.25) is 0 Å². The molecule has 8 atom stereocenters. The van der Waals surface area contributed by atoms with Crippen molar-refractivity contribution in [2.24, 2.45) is 33.5 Å². The standard InChI is InChI=1S/C40H59FN2O5S2/c1-37(2)29(27-9-10-28(35(44)45)30(41)26-27)11-16-38(3)31(37)12-17-39(4)32(38)14-23-49(5)33(39)13-18-40(15-6-8-34(40)49)36(46)42-19-7-20-43-21-24-50(47,48)25-22-43/h9-11,26,31-34H,6-8,12-25H2,1-5H3,(H,42,46)(H,44,45)/t31?,32?,33?,34?,38-,39+,40-/m0/s1. The lowest BCUT2D eigenvalue weighted by molar-refractivity contribution is -0.132. The van der Waals surface area contributed by atoms with Crippen molar-refractivity contribution in [3.8, 4) is 0 Å². The Morgan fingerprint density at radius 3 is 2.38 bits per heavy atom. The van der Waals surface area contributed by atoms with Gasteiger partial charge in [0.05, 0.1) is 22.5 Å². The van der Waals surface area contributed by atoms with Crippen molar-refractivity contribution in [2.75, 3.05) is 49.7 Å². The number of allylic oxidation sites excluding steroid dienone is 2. The number of fused-ring (bicyclic) bond motifs is 7. The van der Waals surface area contributed by atoms with E-state index in [1.54, 1.807) is 6.07 Å². The normalized spacial score (nSPS) is 41.7. The van der Waals surface area contributed by atoms with Gasteiger partial charge in [-0.2, -0.15) is 0 Å². The first-order chi connectivity index (χ1) is 23.5. The van der Waals surface area contributed by atoms with E-state index in [4.69, 9.17) is 0 Å². The second kappa shape index (κ2) is 12.6. The number of halogens is 1. The second-order valence-corrected chi connectivity index (χ2v) is 24.4. The number of carbonyl (C=O) groups is 2. The number of carboxylic acid groups (broad SMARTS) is 1. The fourth-order valence-electron chi connectivity index (χ4n) is 13.2. The molecule has 0 aromatic heterocycles. The summed E-state index contributed by atoms with van der Waals surface area (Å²) in [6, 6.07) is 4.64. The Balaban J connectivity index is 1.07. The lowest BCUT2D eigenvalue weighted by Crippen LogP contribution is -2.64. The molecule has 5 unspecified atom stereocenters. The van der Waals surface area contributed by atoms with E-state index in [1.807, 2.05) is 0 Å². The molecule has 2 N–H and O–H groups in total. The summed E-state index contributed by atoms with van der Waals surface area (Å²) in [5.74, 6) is 1.16. The van der Waals surface area contributed by atoms with Crippen molar-refractivity contribution in [3.05, 3.63) is 41.2 Å². The maximum atomic E-state index is 14.9. The molecule has 6 aliphatic rings. The van der Waals surface area contributed by atoms with Gasteiger partial charge in [0.1, 0.15) is 5.82 Å². The van der Waals surface area contributed by atoms with Crippen LogP contribution in [0.3, 0.4) is 0 Å². The van der Waals surface area contributed by atoms with Crippen LogP contribution in [0.5, 0.6) is 0 Å². The number of sulfone groups is 1. The topological polar surface area (TPSA) is 104 Å². The molecule has 5 fully saturated rings. The molecule has 1 aromatic carbocycles. The van der Waals surface area contributed by atoms with Gasteiger partial charge in [-0.1, -0.05) is 46.3 Å². The van der Waals surface area contributed by atoms with E-state index >= 15 is 0 Å². The molecule has 0 spiro atoms. The first-order valence-electron chi connectivity index (χ1n) is 19.2. The van der Waals surface area contributed by atoms with E-state index in [2.05, 4.69) is 50.2 Å². The van der Waals surface area contributed by atoms with E-state index in [9.17, 15) is 27.5 Å². The summed E-state index contributed by atoms with van der Waals surface area (Å²) in [5, 5.41) is 13.9. The summed E-state index contributed by atoms with van der Waals surface area (Å²) < 4.78 is 38.5. The van der Waals surface area contributed by atoms with Gasteiger partial charge in [0.2, 0.25) is 5.91 Å². The monoisotopic (exact) mass is 730 g/mol. The summed E-state index contributed by atoms with van der Waals surface area (Å²) in [5.41, 5.74) is 1.63. The molecule has 7 rings (SSSR count). The Morgan fingerprint density at radius 1 is 0.940 bits per heavy atom. The molecular formula is C40H59FN2O5S2. The zero-order valence-corrected chi connectivity index (χ0v) is 32.5. The number of nitrogens with zero attached hydrogens (tertiary/aromatic N) is 1. The predicted molar refractivity (Wildman–Crippen MR) is 201 cm³/mol. The number of carbonyl (C=O) groups excluding carboxylic acids is 1. The maximum absolute atomic E-state index is 14.9. The molecule has 0 radical (unpaired) electrons. The number of aromatic carboxylic acids is 1. The minimum atomic E-state index is -2.88. The zero-order valence-electron chi connectivity index (χ0n) is 30.9. The number of hydrogen-bond acceptors (Lipinski definition) is 5. The quantitative estimate of drug-likeness (QED) is 0.289. The molecule has 3 aliphatic heterocycles. The van der Waals surface area contributed by atoms with Crippen LogP contribution >= 0.6 is 10.0 Å². The predicted octanol–water partition coefficient (Wildman–Crippen LogP) is 7.15. The van der Waals surface area contributed by atoms with Gasteiger partial charge in [-0.15, -0.1) is 0 Å². The third-order valence-electron chi connectivity index (χ3n) is 15.4. The molecule has 1 amide bonds. The fraction of sp³-hybridized carbons (Fsp3) is 0.750. The van der Waals surface area contributed by atoms with Gasteiger partial charge in [-0.05, 0) is 133 Å². The van der Waals surface area contributed by atoms with Crippen LogP contribution in [-0.2, 0) is 14.6 Å². The number of hydrogen-bond donors (Lipinski definition) is 2. The lowest BCUT2D eigenvalue weighted by atomic mass is 9.42. The third-order valence-corrected chi connectivity index (χ3v) is 22.2.